The third-order valence-electron chi connectivity index (χ3n) is 3.11. The van der Waals surface area contributed by atoms with Gasteiger partial charge in [-0.05, 0) is 24.6 Å². The van der Waals surface area contributed by atoms with Gasteiger partial charge in [0.15, 0.2) is 5.15 Å². The van der Waals surface area contributed by atoms with Crippen molar-refractivity contribution in [2.45, 2.75) is 20.2 Å². The fourth-order valence-electron chi connectivity index (χ4n) is 1.88. The molecular weight excluding hydrogens is 341 g/mol. The number of nitrogens with one attached hydrogen (secondary N) is 1. The van der Waals surface area contributed by atoms with E-state index in [1.54, 1.807) is 7.11 Å². The van der Waals surface area contributed by atoms with Gasteiger partial charge in [-0.3, -0.25) is 9.36 Å². The van der Waals surface area contributed by atoms with Gasteiger partial charge in [-0.15, -0.1) is 0 Å². The predicted molar refractivity (Wildman–Crippen MR) is 88.0 cm³/mol. The molecule has 0 aliphatic rings. The Hall–Kier alpha value is -1.76. The summed E-state index contributed by atoms with van der Waals surface area (Å²) < 4.78 is 11.8. The zero-order valence-corrected chi connectivity index (χ0v) is 14.3. The predicted octanol–water partition coefficient (Wildman–Crippen LogP) is 3.12. The highest BCUT2D eigenvalue weighted by atomic mass is 35.5. The molecule has 0 aliphatic carbocycles. The lowest BCUT2D eigenvalue weighted by Gasteiger charge is -2.09. The molecular formula is C15H17Cl2N3O3. The number of aromatic nitrogens is 2. The fraction of sp³-hybridized carbons (Fsp3) is 0.333. The highest BCUT2D eigenvalue weighted by Crippen LogP contribution is 2.23. The number of amides is 1. The molecule has 1 aromatic heterocycles. The molecule has 0 unspecified atom stereocenters. The van der Waals surface area contributed by atoms with Crippen molar-refractivity contribution in [1.29, 1.82) is 0 Å². The number of hydrogen-bond acceptors (Lipinski definition) is 4. The van der Waals surface area contributed by atoms with Crippen LogP contribution in [0.15, 0.2) is 24.3 Å². The highest BCUT2D eigenvalue weighted by Gasteiger charge is 2.20. The summed E-state index contributed by atoms with van der Waals surface area (Å²) >= 11 is 11.9. The average molecular weight is 358 g/mol. The number of nitrogens with zero attached hydrogens (tertiary/aromatic N) is 2. The monoisotopic (exact) mass is 357 g/mol. The van der Waals surface area contributed by atoms with Gasteiger partial charge in [0.25, 0.3) is 5.91 Å². The summed E-state index contributed by atoms with van der Waals surface area (Å²) in [7, 11) is 1.60. The smallest absolute Gasteiger partial charge is 0.287 e. The standard InChI is InChI=1S/C15H17Cl2N3O3/c1-3-23-9-20-13(17)12(16)19-14(20)15(21)18-8-10-4-6-11(22-2)7-5-10/h4-7H,3,8-9H2,1-2H3,(H,18,21). The summed E-state index contributed by atoms with van der Waals surface area (Å²) in [6, 6.07) is 7.38. The van der Waals surface area contributed by atoms with Crippen molar-refractivity contribution in [2.75, 3.05) is 13.7 Å². The van der Waals surface area contributed by atoms with E-state index in [9.17, 15) is 4.79 Å². The Morgan fingerprint density at radius 3 is 2.61 bits per heavy atom. The van der Waals surface area contributed by atoms with Gasteiger partial charge in [0, 0.05) is 13.2 Å². The van der Waals surface area contributed by atoms with Gasteiger partial charge in [-0.2, -0.15) is 0 Å². The van der Waals surface area contributed by atoms with Crippen LogP contribution in [-0.2, 0) is 18.0 Å². The Balaban J connectivity index is 2.06. The first-order valence-electron chi connectivity index (χ1n) is 6.97. The van der Waals surface area contributed by atoms with Crippen LogP contribution in [0.3, 0.4) is 0 Å². The van der Waals surface area contributed by atoms with E-state index < -0.39 is 0 Å². The van der Waals surface area contributed by atoms with Gasteiger partial charge in [-0.25, -0.2) is 4.98 Å². The summed E-state index contributed by atoms with van der Waals surface area (Å²) in [4.78, 5) is 16.3. The number of methoxy groups -OCH3 is 1. The third-order valence-corrected chi connectivity index (χ3v) is 3.85. The number of hydrogen-bond donors (Lipinski definition) is 1. The highest BCUT2D eigenvalue weighted by molar-refractivity contribution is 6.40. The van der Waals surface area contributed by atoms with Gasteiger partial charge in [-0.1, -0.05) is 35.3 Å². The maximum Gasteiger partial charge on any atom is 0.287 e. The Bertz CT molecular complexity index is 671. The molecule has 1 aromatic carbocycles. The molecule has 0 bridgehead atoms. The van der Waals surface area contributed by atoms with Crippen molar-refractivity contribution < 1.29 is 14.3 Å². The van der Waals surface area contributed by atoms with Gasteiger partial charge >= 0.3 is 0 Å². The van der Waals surface area contributed by atoms with E-state index in [-0.39, 0.29) is 28.8 Å². The van der Waals surface area contributed by atoms with E-state index >= 15 is 0 Å². The molecule has 1 amide bonds. The number of halogens is 2. The van der Waals surface area contributed by atoms with Crippen molar-refractivity contribution in [2.24, 2.45) is 0 Å². The van der Waals surface area contributed by atoms with Crippen LogP contribution in [0.4, 0.5) is 0 Å². The first-order chi connectivity index (χ1) is 11.1. The van der Waals surface area contributed by atoms with Crippen LogP contribution in [-0.4, -0.2) is 29.2 Å². The quantitative estimate of drug-likeness (QED) is 0.826. The van der Waals surface area contributed by atoms with Gasteiger partial charge in [0.2, 0.25) is 5.82 Å². The zero-order chi connectivity index (χ0) is 16.8. The van der Waals surface area contributed by atoms with Crippen LogP contribution < -0.4 is 10.1 Å². The molecule has 0 spiro atoms. The zero-order valence-electron chi connectivity index (χ0n) is 12.8. The number of ether oxygens (including phenoxy) is 2. The number of imidazole rings is 1. The van der Waals surface area contributed by atoms with Crippen LogP contribution in [0.1, 0.15) is 23.1 Å². The molecule has 0 atom stereocenters. The Morgan fingerprint density at radius 1 is 1.30 bits per heavy atom. The molecule has 0 saturated heterocycles. The van der Waals surface area contributed by atoms with Gasteiger partial charge in [0.05, 0.1) is 7.11 Å². The lowest BCUT2D eigenvalue weighted by atomic mass is 10.2. The summed E-state index contributed by atoms with van der Waals surface area (Å²) in [6.45, 7) is 2.79. The molecule has 0 radical (unpaired) electrons. The molecule has 0 aliphatic heterocycles. The molecule has 1 heterocycles. The topological polar surface area (TPSA) is 65.4 Å². The second-order valence-electron chi connectivity index (χ2n) is 4.60. The van der Waals surface area contributed by atoms with Crippen molar-refractivity contribution >= 4 is 29.1 Å². The van der Waals surface area contributed by atoms with Gasteiger partial charge < -0.3 is 14.8 Å². The SMILES string of the molecule is CCOCn1c(C(=O)NCc2ccc(OC)cc2)nc(Cl)c1Cl. The molecule has 6 nitrogen and oxygen atoms in total. The molecule has 1 N–H and O–H groups in total. The van der Waals surface area contributed by atoms with Crippen LogP contribution in [0.5, 0.6) is 5.75 Å². The number of rotatable bonds is 7. The minimum atomic E-state index is -0.380. The first kappa shape index (κ1) is 17.6. The summed E-state index contributed by atoms with van der Waals surface area (Å²) in [5.74, 6) is 0.488. The minimum Gasteiger partial charge on any atom is -0.497 e. The van der Waals surface area contributed by atoms with E-state index in [0.29, 0.717) is 13.2 Å². The van der Waals surface area contributed by atoms with Crippen LogP contribution in [0.25, 0.3) is 0 Å². The Morgan fingerprint density at radius 2 is 2.00 bits per heavy atom. The summed E-state index contributed by atoms with van der Waals surface area (Å²) in [6.07, 6.45) is 0. The maximum atomic E-state index is 12.3. The molecule has 2 rings (SSSR count). The number of benzene rings is 1. The molecule has 2 aromatic rings. The summed E-state index contributed by atoms with van der Waals surface area (Å²) in [5.41, 5.74) is 0.930. The largest absolute Gasteiger partial charge is 0.497 e. The van der Waals surface area contributed by atoms with Crippen LogP contribution >= 0.6 is 23.2 Å². The van der Waals surface area contributed by atoms with Crippen LogP contribution in [0.2, 0.25) is 10.3 Å². The molecule has 0 saturated carbocycles. The molecule has 8 heteroatoms. The van der Waals surface area contributed by atoms with E-state index in [1.165, 1.54) is 4.57 Å². The van der Waals surface area contributed by atoms with Crippen molar-refractivity contribution in [3.8, 4) is 5.75 Å². The van der Waals surface area contributed by atoms with Gasteiger partial charge in [0.1, 0.15) is 17.6 Å². The van der Waals surface area contributed by atoms with E-state index in [4.69, 9.17) is 32.7 Å². The number of carbonyl (C=O) groups excluding carboxylic acids is 1. The Labute approximate surface area is 144 Å². The van der Waals surface area contributed by atoms with Crippen molar-refractivity contribution in [1.82, 2.24) is 14.9 Å². The van der Waals surface area contributed by atoms with E-state index in [2.05, 4.69) is 10.3 Å². The fourth-order valence-corrected chi connectivity index (χ4v) is 2.24. The van der Waals surface area contributed by atoms with E-state index in [1.807, 2.05) is 31.2 Å². The Kier molecular flexibility index (Phi) is 6.27. The normalized spacial score (nSPS) is 10.6. The molecule has 0 fully saturated rings. The lowest BCUT2D eigenvalue weighted by molar-refractivity contribution is 0.0788. The number of carbonyl (C=O) groups is 1. The second-order valence-corrected chi connectivity index (χ2v) is 5.31. The van der Waals surface area contributed by atoms with Crippen molar-refractivity contribution in [3.05, 3.63) is 46.0 Å². The first-order valence-corrected chi connectivity index (χ1v) is 7.72. The summed E-state index contributed by atoms with van der Waals surface area (Å²) in [5, 5.41) is 3.02. The van der Waals surface area contributed by atoms with Crippen LogP contribution in [0, 0.1) is 0 Å². The maximum absolute atomic E-state index is 12.3. The lowest BCUT2D eigenvalue weighted by Crippen LogP contribution is -2.26. The third kappa shape index (κ3) is 4.37. The minimum absolute atomic E-state index is 0.0703. The molecule has 23 heavy (non-hydrogen) atoms. The van der Waals surface area contributed by atoms with E-state index in [0.717, 1.165) is 11.3 Å². The van der Waals surface area contributed by atoms with Crippen molar-refractivity contribution in [3.63, 3.8) is 0 Å². The molecule has 124 valence electrons. The second kappa shape index (κ2) is 8.19. The average Bonchev–Trinajstić information content (AvgIpc) is 2.86.